The first kappa shape index (κ1) is 18.2. The lowest BCUT2D eigenvalue weighted by molar-refractivity contribution is -0.383. The average Bonchev–Trinajstić information content (AvgIpc) is 2.63. The van der Waals surface area contributed by atoms with Crippen LogP contribution in [0.4, 0.5) is 17.1 Å². The fourth-order valence-electron chi connectivity index (χ4n) is 2.96. The van der Waals surface area contributed by atoms with Gasteiger partial charge < -0.3 is 10.2 Å². The Labute approximate surface area is 156 Å². The highest BCUT2D eigenvalue weighted by Crippen LogP contribution is 2.27. The number of amides is 1. The van der Waals surface area contributed by atoms with Crippen LogP contribution in [0.3, 0.4) is 0 Å². The number of halogens is 1. The lowest BCUT2D eigenvalue weighted by Gasteiger charge is -2.35. The molecule has 1 aliphatic rings. The molecule has 0 aliphatic carbocycles. The molecule has 0 spiro atoms. The van der Waals surface area contributed by atoms with Crippen LogP contribution in [0.2, 0.25) is 5.02 Å². The van der Waals surface area contributed by atoms with E-state index in [-0.39, 0.29) is 23.8 Å². The number of piperazine rings is 1. The topological polar surface area (TPSA) is 78.7 Å². The summed E-state index contributed by atoms with van der Waals surface area (Å²) in [6.45, 7) is 3.34. The van der Waals surface area contributed by atoms with Crippen LogP contribution in [-0.4, -0.2) is 48.5 Å². The molecule has 8 heteroatoms. The summed E-state index contributed by atoms with van der Waals surface area (Å²) in [4.78, 5) is 27.1. The highest BCUT2D eigenvalue weighted by molar-refractivity contribution is 6.31. The third kappa shape index (κ3) is 4.50. The zero-order valence-corrected chi connectivity index (χ0v) is 14.9. The van der Waals surface area contributed by atoms with Crippen molar-refractivity contribution >= 4 is 34.6 Å². The van der Waals surface area contributed by atoms with Gasteiger partial charge in [0.15, 0.2) is 0 Å². The fourth-order valence-corrected chi connectivity index (χ4v) is 3.14. The molecule has 1 saturated heterocycles. The summed E-state index contributed by atoms with van der Waals surface area (Å²) < 4.78 is 0. The number of hydrogen-bond donors (Lipinski definition) is 1. The molecule has 0 atom stereocenters. The Morgan fingerprint density at radius 2 is 1.81 bits per heavy atom. The molecule has 0 aromatic heterocycles. The Hall–Kier alpha value is -2.64. The number of para-hydroxylation sites is 1. The highest BCUT2D eigenvalue weighted by Gasteiger charge is 2.21. The lowest BCUT2D eigenvalue weighted by atomic mass is 10.2. The number of carbonyl (C=O) groups excluding carboxylic acids is 1. The van der Waals surface area contributed by atoms with Crippen molar-refractivity contribution in [3.8, 4) is 0 Å². The molecule has 0 radical (unpaired) electrons. The van der Waals surface area contributed by atoms with Gasteiger partial charge in [0.1, 0.15) is 5.69 Å². The molecule has 1 heterocycles. The minimum Gasteiger partial charge on any atom is -0.369 e. The second kappa shape index (κ2) is 8.16. The van der Waals surface area contributed by atoms with Gasteiger partial charge in [-0.3, -0.25) is 19.8 Å². The Balaban J connectivity index is 1.55. The summed E-state index contributed by atoms with van der Waals surface area (Å²) in [5.41, 5.74) is 1.12. The summed E-state index contributed by atoms with van der Waals surface area (Å²) in [7, 11) is 0. The van der Waals surface area contributed by atoms with Gasteiger partial charge in [-0.15, -0.1) is 0 Å². The van der Waals surface area contributed by atoms with E-state index >= 15 is 0 Å². The molecule has 3 rings (SSSR count). The quantitative estimate of drug-likeness (QED) is 0.643. The minimum atomic E-state index is -0.537. The number of nitrogens with zero attached hydrogens (tertiary/aromatic N) is 3. The molecule has 2 aromatic carbocycles. The van der Waals surface area contributed by atoms with Crippen molar-refractivity contribution in [1.82, 2.24) is 4.90 Å². The standard InChI is InChI=1S/C18H19ClN4O3/c19-14-6-7-17(23(25)26)16(12-14)20-18(24)13-21-8-10-22(11-9-21)15-4-2-1-3-5-15/h1-7,12H,8-11,13H2,(H,20,24). The maximum absolute atomic E-state index is 12.3. The van der Waals surface area contributed by atoms with Crippen LogP contribution in [0.15, 0.2) is 48.5 Å². The van der Waals surface area contributed by atoms with Gasteiger partial charge in [0.2, 0.25) is 5.91 Å². The Kier molecular flexibility index (Phi) is 5.70. The first-order valence-electron chi connectivity index (χ1n) is 8.29. The second-order valence-electron chi connectivity index (χ2n) is 6.07. The van der Waals surface area contributed by atoms with Crippen molar-refractivity contribution in [2.75, 3.05) is 42.9 Å². The third-order valence-corrected chi connectivity index (χ3v) is 4.53. The van der Waals surface area contributed by atoms with E-state index < -0.39 is 4.92 Å². The van der Waals surface area contributed by atoms with Crippen LogP contribution >= 0.6 is 11.6 Å². The Morgan fingerprint density at radius 3 is 2.46 bits per heavy atom. The molecule has 2 aromatic rings. The summed E-state index contributed by atoms with van der Waals surface area (Å²) in [6, 6.07) is 14.3. The number of benzene rings is 2. The number of carbonyl (C=O) groups is 1. The van der Waals surface area contributed by atoms with E-state index in [1.807, 2.05) is 23.1 Å². The van der Waals surface area contributed by atoms with E-state index in [1.54, 1.807) is 0 Å². The second-order valence-corrected chi connectivity index (χ2v) is 6.50. The largest absolute Gasteiger partial charge is 0.369 e. The van der Waals surface area contributed by atoms with E-state index in [0.717, 1.165) is 26.2 Å². The Morgan fingerprint density at radius 1 is 1.12 bits per heavy atom. The summed E-state index contributed by atoms with van der Waals surface area (Å²) >= 11 is 5.88. The number of rotatable bonds is 5. The van der Waals surface area contributed by atoms with E-state index in [1.165, 1.54) is 23.9 Å². The normalized spacial score (nSPS) is 14.9. The van der Waals surface area contributed by atoms with Crippen molar-refractivity contribution in [1.29, 1.82) is 0 Å². The van der Waals surface area contributed by atoms with E-state index in [4.69, 9.17) is 11.6 Å². The monoisotopic (exact) mass is 374 g/mol. The predicted molar refractivity (Wildman–Crippen MR) is 102 cm³/mol. The van der Waals surface area contributed by atoms with E-state index in [0.29, 0.717) is 5.02 Å². The van der Waals surface area contributed by atoms with Gasteiger partial charge in [-0.1, -0.05) is 29.8 Å². The number of nitro benzene ring substituents is 1. The van der Waals surface area contributed by atoms with Crippen LogP contribution in [0.25, 0.3) is 0 Å². The molecule has 7 nitrogen and oxygen atoms in total. The summed E-state index contributed by atoms with van der Waals surface area (Å²) in [5, 5.41) is 14.0. The van der Waals surface area contributed by atoms with Crippen molar-refractivity contribution in [2.45, 2.75) is 0 Å². The average molecular weight is 375 g/mol. The van der Waals surface area contributed by atoms with Gasteiger partial charge in [0.25, 0.3) is 5.69 Å². The molecule has 1 N–H and O–H groups in total. The van der Waals surface area contributed by atoms with Gasteiger partial charge in [-0.2, -0.15) is 0 Å². The van der Waals surface area contributed by atoms with Crippen molar-refractivity contribution in [3.63, 3.8) is 0 Å². The van der Waals surface area contributed by atoms with Crippen LogP contribution < -0.4 is 10.2 Å². The van der Waals surface area contributed by atoms with Gasteiger partial charge in [0, 0.05) is 43.0 Å². The lowest BCUT2D eigenvalue weighted by Crippen LogP contribution is -2.48. The van der Waals surface area contributed by atoms with Gasteiger partial charge >= 0.3 is 0 Å². The van der Waals surface area contributed by atoms with Gasteiger partial charge in [-0.05, 0) is 24.3 Å². The van der Waals surface area contributed by atoms with Crippen LogP contribution in [-0.2, 0) is 4.79 Å². The Bertz CT molecular complexity index is 792. The first-order chi connectivity index (χ1) is 12.5. The van der Waals surface area contributed by atoms with Gasteiger partial charge in [-0.25, -0.2) is 0 Å². The molecule has 1 amide bonds. The molecule has 1 aliphatic heterocycles. The van der Waals surface area contributed by atoms with Crippen molar-refractivity contribution in [2.24, 2.45) is 0 Å². The van der Waals surface area contributed by atoms with Gasteiger partial charge in [0.05, 0.1) is 11.5 Å². The molecule has 0 saturated carbocycles. The number of hydrogen-bond acceptors (Lipinski definition) is 5. The van der Waals surface area contributed by atoms with Crippen LogP contribution in [0.5, 0.6) is 0 Å². The summed E-state index contributed by atoms with van der Waals surface area (Å²) in [5.74, 6) is -0.288. The molecule has 26 heavy (non-hydrogen) atoms. The van der Waals surface area contributed by atoms with Crippen molar-refractivity contribution < 1.29 is 9.72 Å². The molecule has 1 fully saturated rings. The SMILES string of the molecule is O=C(CN1CCN(c2ccccc2)CC1)Nc1cc(Cl)ccc1[N+](=O)[O-]. The highest BCUT2D eigenvalue weighted by atomic mass is 35.5. The molecule has 136 valence electrons. The minimum absolute atomic E-state index is 0.121. The number of nitrogens with one attached hydrogen (secondary N) is 1. The zero-order chi connectivity index (χ0) is 18.5. The van der Waals surface area contributed by atoms with Crippen molar-refractivity contribution in [3.05, 3.63) is 63.7 Å². The van der Waals surface area contributed by atoms with Crippen LogP contribution in [0.1, 0.15) is 0 Å². The molecule has 0 unspecified atom stereocenters. The molecular formula is C18H19ClN4O3. The fraction of sp³-hybridized carbons (Fsp3) is 0.278. The van der Waals surface area contributed by atoms with E-state index in [9.17, 15) is 14.9 Å². The zero-order valence-electron chi connectivity index (χ0n) is 14.1. The van der Waals surface area contributed by atoms with Crippen LogP contribution in [0, 0.1) is 10.1 Å². The van der Waals surface area contributed by atoms with E-state index in [2.05, 4.69) is 22.3 Å². The molecular weight excluding hydrogens is 356 g/mol. The maximum atomic E-state index is 12.3. The number of anilines is 2. The first-order valence-corrected chi connectivity index (χ1v) is 8.67. The smallest absolute Gasteiger partial charge is 0.292 e. The maximum Gasteiger partial charge on any atom is 0.292 e. The summed E-state index contributed by atoms with van der Waals surface area (Å²) in [6.07, 6.45) is 0. The third-order valence-electron chi connectivity index (χ3n) is 4.29. The predicted octanol–water partition coefficient (Wildman–Crippen LogP) is 3.01. The number of nitro groups is 1. The molecule has 0 bridgehead atoms.